The highest BCUT2D eigenvalue weighted by molar-refractivity contribution is 5.85. The maximum atomic E-state index is 9.62. The van der Waals surface area contributed by atoms with E-state index in [0.717, 1.165) is 41.6 Å². The first-order valence-corrected chi connectivity index (χ1v) is 7.66. The summed E-state index contributed by atoms with van der Waals surface area (Å²) in [4.78, 5) is 4.40. The number of fused-ring (bicyclic) bond motifs is 1. The van der Waals surface area contributed by atoms with Crippen molar-refractivity contribution in [2.45, 2.75) is 19.3 Å². The summed E-state index contributed by atoms with van der Waals surface area (Å²) in [6, 6.07) is 5.87. The fraction of sp³-hybridized carbons (Fsp3) is 0.333. The van der Waals surface area contributed by atoms with Gasteiger partial charge in [0.2, 0.25) is 5.75 Å². The first-order chi connectivity index (χ1) is 11.7. The molecule has 6 heteroatoms. The monoisotopic (exact) mass is 325 g/mol. The van der Waals surface area contributed by atoms with Gasteiger partial charge in [-0.25, -0.2) is 4.98 Å². The van der Waals surface area contributed by atoms with E-state index < -0.39 is 0 Å². The number of nitrogens with two attached hydrogens (primary N) is 1. The predicted octanol–water partition coefficient (Wildman–Crippen LogP) is 2.72. The van der Waals surface area contributed by atoms with Crippen molar-refractivity contribution < 1.29 is 14.2 Å². The number of benzene rings is 1. The third-order valence-electron chi connectivity index (χ3n) is 4.34. The molecule has 0 aliphatic heterocycles. The standard InChI is InChI=1S/C18H19N3O3/c1-22-14-8-7-11(16(23-2)17(14)24-3)15-10-5-4-6-13(10)21-18(20)12(15)9-19/h7-8H,4-6H2,1-3H3,(H2,20,21). The first-order valence-electron chi connectivity index (χ1n) is 7.66. The number of nitrogen functional groups attached to an aromatic ring is 1. The summed E-state index contributed by atoms with van der Waals surface area (Å²) in [6.07, 6.45) is 2.73. The van der Waals surface area contributed by atoms with E-state index in [-0.39, 0.29) is 5.82 Å². The lowest BCUT2D eigenvalue weighted by Crippen LogP contribution is -2.05. The third kappa shape index (κ3) is 2.29. The van der Waals surface area contributed by atoms with Crippen LogP contribution in [0.25, 0.3) is 11.1 Å². The van der Waals surface area contributed by atoms with Crippen LogP contribution in [0.2, 0.25) is 0 Å². The van der Waals surface area contributed by atoms with Gasteiger partial charge in [0.05, 0.1) is 21.3 Å². The molecule has 0 radical (unpaired) electrons. The lowest BCUT2D eigenvalue weighted by Gasteiger charge is -2.19. The first kappa shape index (κ1) is 15.9. The lowest BCUT2D eigenvalue weighted by atomic mass is 9.93. The molecule has 2 aromatic rings. The number of rotatable bonds is 4. The molecule has 1 aliphatic carbocycles. The minimum atomic E-state index is 0.255. The van der Waals surface area contributed by atoms with E-state index in [1.165, 1.54) is 0 Å². The number of nitriles is 1. The van der Waals surface area contributed by atoms with Crippen LogP contribution in [0.4, 0.5) is 5.82 Å². The highest BCUT2D eigenvalue weighted by atomic mass is 16.5. The van der Waals surface area contributed by atoms with Gasteiger partial charge in [-0.15, -0.1) is 0 Å². The summed E-state index contributed by atoms with van der Waals surface area (Å²) in [5.74, 6) is 1.83. The Morgan fingerprint density at radius 1 is 1.08 bits per heavy atom. The number of hydrogen-bond acceptors (Lipinski definition) is 6. The van der Waals surface area contributed by atoms with Crippen LogP contribution < -0.4 is 19.9 Å². The van der Waals surface area contributed by atoms with E-state index >= 15 is 0 Å². The van der Waals surface area contributed by atoms with E-state index in [9.17, 15) is 5.26 Å². The fourth-order valence-electron chi connectivity index (χ4n) is 3.31. The van der Waals surface area contributed by atoms with Gasteiger partial charge in [-0.3, -0.25) is 0 Å². The largest absolute Gasteiger partial charge is 0.493 e. The number of anilines is 1. The molecular formula is C18H19N3O3. The average molecular weight is 325 g/mol. The Kier molecular flexibility index (Phi) is 4.17. The summed E-state index contributed by atoms with van der Waals surface area (Å²) in [5, 5.41) is 9.62. The molecule has 124 valence electrons. The van der Waals surface area contributed by atoms with E-state index in [2.05, 4.69) is 11.1 Å². The number of pyridine rings is 1. The van der Waals surface area contributed by atoms with Crippen molar-refractivity contribution in [1.82, 2.24) is 4.98 Å². The summed E-state index contributed by atoms with van der Waals surface area (Å²) < 4.78 is 16.4. The van der Waals surface area contributed by atoms with Gasteiger partial charge in [0, 0.05) is 16.8 Å². The zero-order valence-electron chi connectivity index (χ0n) is 14.0. The Labute approximate surface area is 140 Å². The molecule has 3 rings (SSSR count). The van der Waals surface area contributed by atoms with Crippen LogP contribution in [0, 0.1) is 11.3 Å². The van der Waals surface area contributed by atoms with Crippen LogP contribution in [0.1, 0.15) is 23.2 Å². The Bertz CT molecular complexity index is 840. The van der Waals surface area contributed by atoms with Gasteiger partial charge in [0.15, 0.2) is 11.5 Å². The van der Waals surface area contributed by atoms with Crippen LogP contribution in [-0.4, -0.2) is 26.3 Å². The van der Waals surface area contributed by atoms with Crippen molar-refractivity contribution in [1.29, 1.82) is 5.26 Å². The van der Waals surface area contributed by atoms with Crippen molar-refractivity contribution in [2.75, 3.05) is 27.1 Å². The molecule has 1 aliphatic rings. The summed E-state index contributed by atoms with van der Waals surface area (Å²) >= 11 is 0. The summed E-state index contributed by atoms with van der Waals surface area (Å²) in [6.45, 7) is 0. The summed E-state index contributed by atoms with van der Waals surface area (Å²) in [5.41, 5.74) is 9.97. The van der Waals surface area contributed by atoms with Crippen LogP contribution >= 0.6 is 0 Å². The van der Waals surface area contributed by atoms with Gasteiger partial charge in [-0.05, 0) is 37.0 Å². The van der Waals surface area contributed by atoms with Crippen LogP contribution in [0.15, 0.2) is 12.1 Å². The Morgan fingerprint density at radius 3 is 2.46 bits per heavy atom. The Balaban J connectivity index is 2.37. The molecule has 2 N–H and O–H groups in total. The minimum Gasteiger partial charge on any atom is -0.493 e. The average Bonchev–Trinajstić information content (AvgIpc) is 3.06. The van der Waals surface area contributed by atoms with Gasteiger partial charge >= 0.3 is 0 Å². The van der Waals surface area contributed by atoms with Gasteiger partial charge in [-0.1, -0.05) is 0 Å². The zero-order valence-corrected chi connectivity index (χ0v) is 14.0. The molecule has 6 nitrogen and oxygen atoms in total. The van der Waals surface area contributed by atoms with Gasteiger partial charge in [0.25, 0.3) is 0 Å². The van der Waals surface area contributed by atoms with Gasteiger partial charge in [0.1, 0.15) is 17.5 Å². The molecule has 1 aromatic heterocycles. The molecule has 0 spiro atoms. The summed E-state index contributed by atoms with van der Waals surface area (Å²) in [7, 11) is 4.69. The second-order valence-electron chi connectivity index (χ2n) is 5.52. The Hall–Kier alpha value is -2.94. The Morgan fingerprint density at radius 2 is 1.83 bits per heavy atom. The molecular weight excluding hydrogens is 306 g/mol. The predicted molar refractivity (Wildman–Crippen MR) is 90.5 cm³/mol. The molecule has 0 fully saturated rings. The number of hydrogen-bond donors (Lipinski definition) is 1. The maximum Gasteiger partial charge on any atom is 0.203 e. The second-order valence-corrected chi connectivity index (χ2v) is 5.52. The van der Waals surface area contributed by atoms with Crippen molar-refractivity contribution >= 4 is 5.82 Å². The number of ether oxygens (including phenoxy) is 3. The zero-order chi connectivity index (χ0) is 17.3. The molecule has 0 bridgehead atoms. The number of aromatic nitrogens is 1. The van der Waals surface area contributed by atoms with E-state index in [0.29, 0.717) is 22.8 Å². The number of nitrogens with zero attached hydrogens (tertiary/aromatic N) is 2. The van der Waals surface area contributed by atoms with E-state index in [1.54, 1.807) is 27.4 Å². The van der Waals surface area contributed by atoms with Gasteiger partial charge in [-0.2, -0.15) is 5.26 Å². The van der Waals surface area contributed by atoms with Crippen LogP contribution in [-0.2, 0) is 12.8 Å². The molecule has 0 saturated carbocycles. The quantitative estimate of drug-likeness (QED) is 0.929. The molecule has 0 unspecified atom stereocenters. The smallest absolute Gasteiger partial charge is 0.203 e. The molecule has 0 saturated heterocycles. The molecule has 1 aromatic carbocycles. The van der Waals surface area contributed by atoms with Crippen molar-refractivity contribution in [2.24, 2.45) is 0 Å². The maximum absolute atomic E-state index is 9.62. The number of methoxy groups -OCH3 is 3. The molecule has 24 heavy (non-hydrogen) atoms. The van der Waals surface area contributed by atoms with Crippen LogP contribution in [0.3, 0.4) is 0 Å². The fourth-order valence-corrected chi connectivity index (χ4v) is 3.31. The van der Waals surface area contributed by atoms with E-state index in [1.807, 2.05) is 6.07 Å². The van der Waals surface area contributed by atoms with Crippen molar-refractivity contribution in [3.05, 3.63) is 29.0 Å². The SMILES string of the molecule is COc1ccc(-c2c(C#N)c(N)nc3c2CCC3)c(OC)c1OC. The molecule has 1 heterocycles. The third-order valence-corrected chi connectivity index (χ3v) is 4.34. The van der Waals surface area contributed by atoms with Crippen molar-refractivity contribution in [3.63, 3.8) is 0 Å². The van der Waals surface area contributed by atoms with Crippen LogP contribution in [0.5, 0.6) is 17.2 Å². The normalized spacial score (nSPS) is 12.4. The van der Waals surface area contributed by atoms with E-state index in [4.69, 9.17) is 19.9 Å². The highest BCUT2D eigenvalue weighted by Crippen LogP contribution is 2.47. The number of aryl methyl sites for hydroxylation is 1. The minimum absolute atomic E-state index is 0.255. The van der Waals surface area contributed by atoms with Gasteiger partial charge < -0.3 is 19.9 Å². The topological polar surface area (TPSA) is 90.4 Å². The molecule has 0 atom stereocenters. The van der Waals surface area contributed by atoms with Crippen molar-refractivity contribution in [3.8, 4) is 34.4 Å². The molecule has 0 amide bonds. The second kappa shape index (κ2) is 6.28. The highest BCUT2D eigenvalue weighted by Gasteiger charge is 2.27. The lowest BCUT2D eigenvalue weighted by molar-refractivity contribution is 0.325.